The van der Waals surface area contributed by atoms with Crippen LogP contribution in [0.4, 0.5) is 5.69 Å². The van der Waals surface area contributed by atoms with Gasteiger partial charge in [0.2, 0.25) is 12.7 Å². The Morgan fingerprint density at radius 1 is 1.03 bits per heavy atom. The molecule has 1 saturated carbocycles. The van der Waals surface area contributed by atoms with Crippen molar-refractivity contribution in [3.8, 4) is 11.5 Å². The number of amides is 1. The molecule has 3 heterocycles. The number of carbonyl (C=O) groups is 1. The number of ether oxygens (including phenoxy) is 2. The number of aromatic amines is 1. The van der Waals surface area contributed by atoms with Gasteiger partial charge in [0.25, 0.3) is 0 Å². The van der Waals surface area contributed by atoms with Crippen LogP contribution in [0.5, 0.6) is 11.5 Å². The van der Waals surface area contributed by atoms with Crippen LogP contribution in [-0.4, -0.2) is 60.7 Å². The van der Waals surface area contributed by atoms with Gasteiger partial charge in [-0.2, -0.15) is 0 Å². The molecule has 2 aliphatic heterocycles. The highest BCUT2D eigenvalue weighted by Gasteiger charge is 2.51. The van der Waals surface area contributed by atoms with Crippen LogP contribution in [-0.2, 0) is 16.8 Å². The standard InChI is InChI=1S/C25H28N4O3/c1-28-8-10-29(11-9-28)15-20-13-17-12-19(3-4-21(17)26-20)27-24(30)25(6-7-25)18-2-5-22-23(14-18)32-16-31-22/h2-5,12-14,26H,6-11,15-16H2,1H3,(H,27,30). The van der Waals surface area contributed by atoms with E-state index in [9.17, 15) is 4.79 Å². The number of nitrogens with zero attached hydrogens (tertiary/aromatic N) is 2. The number of anilines is 1. The Bertz CT molecular complexity index is 1180. The molecule has 7 nitrogen and oxygen atoms in total. The molecule has 0 atom stereocenters. The van der Waals surface area contributed by atoms with Gasteiger partial charge < -0.3 is 24.7 Å². The van der Waals surface area contributed by atoms with Gasteiger partial charge in [-0.15, -0.1) is 0 Å². The first-order valence-electron chi connectivity index (χ1n) is 11.3. The maximum Gasteiger partial charge on any atom is 0.235 e. The smallest absolute Gasteiger partial charge is 0.235 e. The lowest BCUT2D eigenvalue weighted by molar-refractivity contribution is -0.118. The van der Waals surface area contributed by atoms with Crippen molar-refractivity contribution in [2.45, 2.75) is 24.8 Å². The summed E-state index contributed by atoms with van der Waals surface area (Å²) < 4.78 is 10.9. The molecule has 3 aromatic rings. The van der Waals surface area contributed by atoms with Gasteiger partial charge in [0.05, 0.1) is 5.41 Å². The number of fused-ring (bicyclic) bond motifs is 2. The van der Waals surface area contributed by atoms with E-state index in [4.69, 9.17) is 9.47 Å². The third-order valence-electron chi connectivity index (χ3n) is 7.03. The normalized spacial score (nSPS) is 19.9. The van der Waals surface area contributed by atoms with Crippen molar-refractivity contribution in [1.29, 1.82) is 0 Å². The second-order valence-electron chi connectivity index (χ2n) is 9.28. The molecular weight excluding hydrogens is 404 g/mol. The number of nitrogens with one attached hydrogen (secondary N) is 2. The first kappa shape index (κ1) is 19.6. The molecule has 2 fully saturated rings. The number of benzene rings is 2. The van der Waals surface area contributed by atoms with Gasteiger partial charge in [-0.1, -0.05) is 6.07 Å². The summed E-state index contributed by atoms with van der Waals surface area (Å²) in [6, 6.07) is 14.1. The van der Waals surface area contributed by atoms with E-state index in [2.05, 4.69) is 45.3 Å². The highest BCUT2D eigenvalue weighted by Crippen LogP contribution is 2.51. The Labute approximate surface area is 187 Å². The molecule has 0 unspecified atom stereocenters. The Kier molecular flexibility index (Phi) is 4.62. The second-order valence-corrected chi connectivity index (χ2v) is 9.28. The van der Waals surface area contributed by atoms with E-state index < -0.39 is 5.41 Å². The van der Waals surface area contributed by atoms with Gasteiger partial charge in [0.1, 0.15) is 0 Å². The molecule has 0 bridgehead atoms. The second kappa shape index (κ2) is 7.53. The Morgan fingerprint density at radius 3 is 2.66 bits per heavy atom. The first-order chi connectivity index (χ1) is 15.6. The molecule has 7 heteroatoms. The highest BCUT2D eigenvalue weighted by atomic mass is 16.7. The van der Waals surface area contributed by atoms with Crippen molar-refractivity contribution in [3.05, 3.63) is 53.7 Å². The lowest BCUT2D eigenvalue weighted by Crippen LogP contribution is -2.43. The number of rotatable bonds is 5. The molecule has 2 aromatic carbocycles. The quantitative estimate of drug-likeness (QED) is 0.647. The van der Waals surface area contributed by atoms with Crippen LogP contribution in [0.25, 0.3) is 10.9 Å². The number of hydrogen-bond acceptors (Lipinski definition) is 5. The lowest BCUT2D eigenvalue weighted by atomic mass is 9.94. The summed E-state index contributed by atoms with van der Waals surface area (Å²) in [5.74, 6) is 1.52. The number of hydrogen-bond donors (Lipinski definition) is 2. The summed E-state index contributed by atoms with van der Waals surface area (Å²) in [5.41, 5.74) is 3.67. The molecule has 1 aromatic heterocycles. The summed E-state index contributed by atoms with van der Waals surface area (Å²) in [7, 11) is 2.18. The van der Waals surface area contributed by atoms with Gasteiger partial charge in [-0.05, 0) is 61.9 Å². The molecule has 1 saturated heterocycles. The maximum atomic E-state index is 13.2. The minimum absolute atomic E-state index is 0.0453. The SMILES string of the molecule is CN1CCN(Cc2cc3cc(NC(=O)C4(c5ccc6c(c5)OCO6)CC4)ccc3[nH]2)CC1. The van der Waals surface area contributed by atoms with Crippen molar-refractivity contribution in [2.75, 3.05) is 45.3 Å². The van der Waals surface area contributed by atoms with Crippen molar-refractivity contribution in [3.63, 3.8) is 0 Å². The average molecular weight is 433 g/mol. The summed E-state index contributed by atoms with van der Waals surface area (Å²) in [6.07, 6.45) is 1.69. The van der Waals surface area contributed by atoms with E-state index in [1.165, 1.54) is 5.69 Å². The zero-order valence-electron chi connectivity index (χ0n) is 18.3. The average Bonchev–Trinajstić information content (AvgIpc) is 3.31. The van der Waals surface area contributed by atoms with Crippen LogP contribution in [0, 0.1) is 0 Å². The van der Waals surface area contributed by atoms with Crippen molar-refractivity contribution in [1.82, 2.24) is 14.8 Å². The van der Waals surface area contributed by atoms with E-state index in [-0.39, 0.29) is 12.7 Å². The van der Waals surface area contributed by atoms with Crippen LogP contribution >= 0.6 is 0 Å². The molecular formula is C25H28N4O3. The zero-order chi connectivity index (χ0) is 21.7. The number of aromatic nitrogens is 1. The van der Waals surface area contributed by atoms with E-state index >= 15 is 0 Å². The fourth-order valence-electron chi connectivity index (χ4n) is 4.82. The van der Waals surface area contributed by atoms with E-state index in [0.29, 0.717) is 0 Å². The molecule has 0 radical (unpaired) electrons. The number of likely N-dealkylation sites (N-methyl/N-ethyl adjacent to an activating group) is 1. The van der Waals surface area contributed by atoms with Gasteiger partial charge in [0, 0.05) is 55.0 Å². The van der Waals surface area contributed by atoms with Gasteiger partial charge in [-0.25, -0.2) is 0 Å². The molecule has 1 amide bonds. The van der Waals surface area contributed by atoms with Crippen LogP contribution in [0.1, 0.15) is 24.1 Å². The van der Waals surface area contributed by atoms with Crippen LogP contribution in [0.3, 0.4) is 0 Å². The molecule has 32 heavy (non-hydrogen) atoms. The molecule has 166 valence electrons. The van der Waals surface area contributed by atoms with Gasteiger partial charge in [0.15, 0.2) is 11.5 Å². The number of H-pyrrole nitrogens is 1. The van der Waals surface area contributed by atoms with Gasteiger partial charge in [-0.3, -0.25) is 9.69 Å². The molecule has 2 N–H and O–H groups in total. The molecule has 0 spiro atoms. The fourth-order valence-corrected chi connectivity index (χ4v) is 4.82. The van der Waals surface area contributed by atoms with Crippen LogP contribution in [0.15, 0.2) is 42.5 Å². The maximum absolute atomic E-state index is 13.2. The topological polar surface area (TPSA) is 69.8 Å². The van der Waals surface area contributed by atoms with Crippen molar-refractivity contribution < 1.29 is 14.3 Å². The van der Waals surface area contributed by atoms with Crippen LogP contribution < -0.4 is 14.8 Å². The van der Waals surface area contributed by atoms with E-state index in [1.807, 2.05) is 24.3 Å². The molecule has 6 rings (SSSR count). The lowest BCUT2D eigenvalue weighted by Gasteiger charge is -2.31. The minimum atomic E-state index is -0.472. The largest absolute Gasteiger partial charge is 0.454 e. The Morgan fingerprint density at radius 2 is 1.84 bits per heavy atom. The number of carbonyl (C=O) groups excluding carboxylic acids is 1. The summed E-state index contributed by atoms with van der Waals surface area (Å²) in [4.78, 5) is 21.6. The van der Waals surface area contributed by atoms with E-state index in [0.717, 1.165) is 79.2 Å². The summed E-state index contributed by atoms with van der Waals surface area (Å²) in [5, 5.41) is 4.28. The van der Waals surface area contributed by atoms with Crippen LogP contribution in [0.2, 0.25) is 0 Å². The summed E-state index contributed by atoms with van der Waals surface area (Å²) >= 11 is 0. The Hall–Kier alpha value is -3.03. The van der Waals surface area contributed by atoms with Gasteiger partial charge >= 0.3 is 0 Å². The first-order valence-corrected chi connectivity index (χ1v) is 11.3. The monoisotopic (exact) mass is 432 g/mol. The third kappa shape index (κ3) is 3.51. The highest BCUT2D eigenvalue weighted by molar-refractivity contribution is 6.02. The minimum Gasteiger partial charge on any atom is -0.454 e. The van der Waals surface area contributed by atoms with Crippen molar-refractivity contribution >= 4 is 22.5 Å². The predicted molar refractivity (Wildman–Crippen MR) is 123 cm³/mol. The third-order valence-corrected chi connectivity index (χ3v) is 7.03. The predicted octanol–water partition coefficient (Wildman–Crippen LogP) is 3.31. The fraction of sp³-hybridized carbons (Fsp3) is 0.400. The Balaban J connectivity index is 1.17. The summed E-state index contributed by atoms with van der Waals surface area (Å²) in [6.45, 7) is 5.58. The zero-order valence-corrected chi connectivity index (χ0v) is 18.3. The molecule has 3 aliphatic rings. The van der Waals surface area contributed by atoms with Crippen molar-refractivity contribution in [2.24, 2.45) is 0 Å². The number of piperazine rings is 1. The van der Waals surface area contributed by atoms with E-state index in [1.54, 1.807) is 0 Å². The molecule has 1 aliphatic carbocycles.